The number of hydrogen-bond donors (Lipinski definition) is 3. The Morgan fingerprint density at radius 2 is 2.15 bits per heavy atom. The largest absolute Gasteiger partial charge is 0.466 e. The molecule has 9 heteroatoms. The maximum absolute atomic E-state index is 12.6. The van der Waals surface area contributed by atoms with E-state index in [0.29, 0.717) is 12.2 Å². The number of carbonyl (C=O) groups is 3. The van der Waals surface area contributed by atoms with Gasteiger partial charge in [-0.1, -0.05) is 6.07 Å². The molecule has 0 saturated carbocycles. The molecule has 2 aliphatic rings. The molecular weight excluding hydrogens is 340 g/mol. The molecule has 0 spiro atoms. The number of nitrogens with zero attached hydrogens (tertiary/aromatic N) is 2. The Balaban J connectivity index is 1.97. The van der Waals surface area contributed by atoms with E-state index >= 15 is 0 Å². The van der Waals surface area contributed by atoms with Gasteiger partial charge in [0.15, 0.2) is 0 Å². The summed E-state index contributed by atoms with van der Waals surface area (Å²) < 4.78 is 4.78. The van der Waals surface area contributed by atoms with Crippen molar-refractivity contribution in [3.05, 3.63) is 35.0 Å². The summed E-state index contributed by atoms with van der Waals surface area (Å²) in [6.07, 6.45) is 0. The van der Waals surface area contributed by atoms with Gasteiger partial charge in [0.1, 0.15) is 5.70 Å². The lowest BCUT2D eigenvalue weighted by Crippen LogP contribution is -2.41. The highest BCUT2D eigenvalue weighted by Crippen LogP contribution is 2.32. The molecule has 0 atom stereocenters. The first kappa shape index (κ1) is 17.7. The van der Waals surface area contributed by atoms with Gasteiger partial charge in [0, 0.05) is 31.4 Å². The van der Waals surface area contributed by atoms with Crippen LogP contribution in [0.4, 0.5) is 16.2 Å². The monoisotopic (exact) mass is 360 g/mol. The molecule has 0 aromatic heterocycles. The van der Waals surface area contributed by atoms with Gasteiger partial charge in [-0.3, -0.25) is 9.69 Å². The van der Waals surface area contributed by atoms with E-state index < -0.39 is 5.97 Å². The third-order valence-corrected chi connectivity index (χ3v) is 4.45. The van der Waals surface area contributed by atoms with Crippen LogP contribution < -0.4 is 15.5 Å². The minimum atomic E-state index is -0.600. The van der Waals surface area contributed by atoms with Crippen LogP contribution in [-0.4, -0.2) is 61.8 Å². The fourth-order valence-electron chi connectivity index (χ4n) is 3.07. The number of urea groups is 1. The zero-order valence-electron chi connectivity index (χ0n) is 14.5. The molecule has 3 rings (SSSR count). The van der Waals surface area contributed by atoms with Crippen LogP contribution in [0.1, 0.15) is 5.56 Å². The lowest BCUT2D eigenvalue weighted by Gasteiger charge is -2.28. The van der Waals surface area contributed by atoms with Gasteiger partial charge in [-0.25, -0.2) is 9.59 Å². The fourth-order valence-corrected chi connectivity index (χ4v) is 3.07. The lowest BCUT2D eigenvalue weighted by atomic mass is 10.1. The molecule has 0 radical (unpaired) electrons. The van der Waals surface area contributed by atoms with Crippen molar-refractivity contribution < 1.29 is 24.2 Å². The summed E-state index contributed by atoms with van der Waals surface area (Å²) in [5, 5.41) is 14.9. The van der Waals surface area contributed by atoms with Gasteiger partial charge in [0.05, 0.1) is 31.5 Å². The summed E-state index contributed by atoms with van der Waals surface area (Å²) in [5.74, 6) is -0.984. The highest BCUT2D eigenvalue weighted by atomic mass is 16.5. The molecule has 0 bridgehead atoms. The van der Waals surface area contributed by atoms with E-state index in [0.717, 1.165) is 11.3 Å². The summed E-state index contributed by atoms with van der Waals surface area (Å²) in [4.78, 5) is 39.3. The van der Waals surface area contributed by atoms with Gasteiger partial charge in [-0.05, 0) is 12.1 Å². The number of β-amino-alcohol motifs (C(OH)–C–C–N with tert-alkyl or cyclic N) is 1. The molecule has 2 heterocycles. The number of hydrogen-bond acceptors (Lipinski definition) is 6. The highest BCUT2D eigenvalue weighted by molar-refractivity contribution is 6.09. The normalized spacial score (nSPS) is 16.6. The fraction of sp³-hybridized carbons (Fsp3) is 0.353. The number of rotatable bonds is 5. The third-order valence-electron chi connectivity index (χ3n) is 4.45. The maximum atomic E-state index is 12.6. The lowest BCUT2D eigenvalue weighted by molar-refractivity contribution is -0.136. The first-order valence-corrected chi connectivity index (χ1v) is 8.10. The van der Waals surface area contributed by atoms with Crippen LogP contribution >= 0.6 is 0 Å². The number of esters is 1. The number of carbonyl (C=O) groups excluding carboxylic acids is 3. The van der Waals surface area contributed by atoms with Crippen molar-refractivity contribution in [3.8, 4) is 0 Å². The molecule has 26 heavy (non-hydrogen) atoms. The van der Waals surface area contributed by atoms with Gasteiger partial charge >= 0.3 is 12.0 Å². The van der Waals surface area contributed by atoms with Crippen LogP contribution in [0.5, 0.6) is 0 Å². The molecular formula is C17H20N4O5. The van der Waals surface area contributed by atoms with Crippen molar-refractivity contribution in [2.45, 2.75) is 6.54 Å². The molecule has 0 aliphatic carbocycles. The second-order valence-corrected chi connectivity index (χ2v) is 5.94. The second kappa shape index (κ2) is 7.04. The number of ether oxygens (including phenoxy) is 1. The second-order valence-electron chi connectivity index (χ2n) is 5.94. The number of nitrogens with one attached hydrogen (secondary N) is 2. The number of aliphatic hydroxyl groups excluding tert-OH is 1. The first-order chi connectivity index (χ1) is 12.5. The van der Waals surface area contributed by atoms with Crippen LogP contribution in [0.3, 0.4) is 0 Å². The minimum absolute atomic E-state index is 0.0695. The molecule has 3 N–H and O–H groups in total. The Bertz CT molecular complexity index is 804. The van der Waals surface area contributed by atoms with E-state index in [2.05, 4.69) is 10.6 Å². The van der Waals surface area contributed by atoms with E-state index in [1.807, 2.05) is 6.07 Å². The molecule has 0 fully saturated rings. The van der Waals surface area contributed by atoms with E-state index in [1.165, 1.54) is 16.9 Å². The van der Waals surface area contributed by atoms with Crippen molar-refractivity contribution in [3.63, 3.8) is 0 Å². The van der Waals surface area contributed by atoms with Gasteiger partial charge < -0.3 is 25.4 Å². The smallest absolute Gasteiger partial charge is 0.337 e. The van der Waals surface area contributed by atoms with Crippen molar-refractivity contribution in [1.29, 1.82) is 0 Å². The SMILES string of the molecule is COC(=O)C1=C(Nc2cccc3c2CNC(=O)N3C)C(=O)N(CCO)C1. The molecule has 1 aromatic carbocycles. The Kier molecular flexibility index (Phi) is 4.81. The predicted octanol–water partition coefficient (Wildman–Crippen LogP) is 0.0195. The van der Waals surface area contributed by atoms with E-state index in [-0.39, 0.29) is 42.9 Å². The topological polar surface area (TPSA) is 111 Å². The van der Waals surface area contributed by atoms with E-state index in [1.54, 1.807) is 19.2 Å². The number of benzene rings is 1. The van der Waals surface area contributed by atoms with Crippen LogP contribution in [-0.2, 0) is 20.9 Å². The zero-order valence-corrected chi connectivity index (χ0v) is 14.5. The van der Waals surface area contributed by atoms with Gasteiger partial charge in [-0.15, -0.1) is 0 Å². The van der Waals surface area contributed by atoms with Crippen LogP contribution in [0.25, 0.3) is 0 Å². The van der Waals surface area contributed by atoms with E-state index in [4.69, 9.17) is 9.84 Å². The Hall–Kier alpha value is -3.07. The highest BCUT2D eigenvalue weighted by Gasteiger charge is 2.35. The molecule has 9 nitrogen and oxygen atoms in total. The van der Waals surface area contributed by atoms with Crippen molar-refractivity contribution in [1.82, 2.24) is 10.2 Å². The summed E-state index contributed by atoms with van der Waals surface area (Å²) >= 11 is 0. The molecule has 1 aromatic rings. The quantitative estimate of drug-likeness (QED) is 0.639. The summed E-state index contributed by atoms with van der Waals surface area (Å²) in [6, 6.07) is 5.13. The number of amides is 3. The standard InChI is InChI=1S/C17H20N4O5/c1-20-13-5-3-4-12(10(13)8-18-17(20)25)19-14-11(16(24)26-2)9-21(6-7-22)15(14)23/h3-5,19,22H,6-9H2,1-2H3,(H,18,25). The number of anilines is 2. The maximum Gasteiger partial charge on any atom is 0.337 e. The van der Waals surface area contributed by atoms with E-state index in [9.17, 15) is 14.4 Å². The van der Waals surface area contributed by atoms with Crippen LogP contribution in [0, 0.1) is 0 Å². The average Bonchev–Trinajstić information content (AvgIpc) is 2.94. The molecule has 0 saturated heterocycles. The Morgan fingerprint density at radius 3 is 2.85 bits per heavy atom. The Labute approximate surface area is 150 Å². The number of fused-ring (bicyclic) bond motifs is 1. The predicted molar refractivity (Wildman–Crippen MR) is 93.4 cm³/mol. The molecule has 3 amide bonds. The minimum Gasteiger partial charge on any atom is -0.466 e. The molecule has 0 unspecified atom stereocenters. The number of methoxy groups -OCH3 is 1. The Morgan fingerprint density at radius 1 is 1.38 bits per heavy atom. The summed E-state index contributed by atoms with van der Waals surface area (Å²) in [6.45, 7) is 0.290. The first-order valence-electron chi connectivity index (χ1n) is 8.10. The van der Waals surface area contributed by atoms with Crippen molar-refractivity contribution in [2.24, 2.45) is 0 Å². The van der Waals surface area contributed by atoms with Crippen molar-refractivity contribution >= 4 is 29.3 Å². The van der Waals surface area contributed by atoms with Crippen molar-refractivity contribution in [2.75, 3.05) is 44.1 Å². The molecule has 2 aliphatic heterocycles. The third kappa shape index (κ3) is 2.97. The van der Waals surface area contributed by atoms with Gasteiger partial charge in [0.25, 0.3) is 5.91 Å². The zero-order chi connectivity index (χ0) is 18.8. The summed E-state index contributed by atoms with van der Waals surface area (Å²) in [7, 11) is 2.90. The summed E-state index contributed by atoms with van der Waals surface area (Å²) in [5.41, 5.74) is 2.47. The molecule has 138 valence electrons. The van der Waals surface area contributed by atoms with Crippen LogP contribution in [0.2, 0.25) is 0 Å². The number of aliphatic hydroxyl groups is 1. The van der Waals surface area contributed by atoms with Gasteiger partial charge in [0.2, 0.25) is 0 Å². The van der Waals surface area contributed by atoms with Gasteiger partial charge in [-0.2, -0.15) is 0 Å². The van der Waals surface area contributed by atoms with Crippen LogP contribution in [0.15, 0.2) is 29.5 Å². The average molecular weight is 360 g/mol.